The fraction of sp³-hybridized carbons (Fsp3) is 0.125. The largest absolute Gasteiger partial charge is 0.480 e. The number of carbonyl (C=O) groups is 2. The van der Waals surface area contributed by atoms with Crippen LogP contribution in [-0.2, 0) is 14.8 Å². The number of hydrogen-bond donors (Lipinski definition) is 3. The van der Waals surface area contributed by atoms with Crippen LogP contribution in [0.2, 0.25) is 0 Å². The van der Waals surface area contributed by atoms with E-state index < -0.39 is 28.0 Å². The first-order valence-corrected chi connectivity index (χ1v) is 8.38. The third-order valence-corrected chi connectivity index (χ3v) is 4.87. The van der Waals surface area contributed by atoms with Crippen LogP contribution in [0.4, 0.5) is 0 Å². The van der Waals surface area contributed by atoms with Gasteiger partial charge < -0.3 is 10.2 Å². The Morgan fingerprint density at radius 3 is 2.17 bits per heavy atom. The van der Waals surface area contributed by atoms with E-state index in [9.17, 15) is 18.0 Å². The molecular formula is C16H15NO6S. The van der Waals surface area contributed by atoms with Gasteiger partial charge in [-0.1, -0.05) is 24.3 Å². The van der Waals surface area contributed by atoms with Crippen LogP contribution < -0.4 is 4.72 Å². The summed E-state index contributed by atoms with van der Waals surface area (Å²) in [5.41, 5.74) is 1.40. The molecule has 2 aromatic carbocycles. The summed E-state index contributed by atoms with van der Waals surface area (Å²) in [7, 11) is -3.95. The maximum absolute atomic E-state index is 12.1. The first kappa shape index (κ1) is 17.6. The monoisotopic (exact) mass is 349 g/mol. The van der Waals surface area contributed by atoms with Gasteiger partial charge in [-0.05, 0) is 42.3 Å². The lowest BCUT2D eigenvalue weighted by atomic mass is 10.0. The van der Waals surface area contributed by atoms with Crippen molar-refractivity contribution >= 4 is 22.0 Å². The molecule has 24 heavy (non-hydrogen) atoms. The third-order valence-electron chi connectivity index (χ3n) is 3.31. The van der Waals surface area contributed by atoms with E-state index >= 15 is 0 Å². The predicted octanol–water partition coefficient (Wildman–Crippen LogP) is 1.80. The van der Waals surface area contributed by atoms with E-state index in [0.717, 1.165) is 0 Å². The lowest BCUT2D eigenvalue weighted by molar-refractivity contribution is -0.138. The summed E-state index contributed by atoms with van der Waals surface area (Å²) in [6, 6.07) is 10.7. The Kier molecular flexibility index (Phi) is 5.01. The quantitative estimate of drug-likeness (QED) is 0.731. The summed E-state index contributed by atoms with van der Waals surface area (Å²) in [5.74, 6) is -2.33. The molecule has 3 N–H and O–H groups in total. The summed E-state index contributed by atoms with van der Waals surface area (Å²) < 4.78 is 26.2. The first-order valence-electron chi connectivity index (χ1n) is 6.89. The van der Waals surface area contributed by atoms with Gasteiger partial charge in [0.2, 0.25) is 10.0 Å². The lowest BCUT2D eigenvalue weighted by Gasteiger charge is -2.11. The molecule has 0 radical (unpaired) electrons. The Hall–Kier alpha value is -2.71. The van der Waals surface area contributed by atoms with Crippen molar-refractivity contribution in [3.63, 3.8) is 0 Å². The zero-order chi connectivity index (χ0) is 17.9. The number of benzene rings is 2. The SMILES string of the molecule is CC(NS(=O)(=O)c1ccc(-c2cccc(C(=O)O)c2)cc1)C(=O)O. The minimum absolute atomic E-state index is 0.0752. The van der Waals surface area contributed by atoms with E-state index in [4.69, 9.17) is 10.2 Å². The molecule has 0 spiro atoms. The molecule has 0 aliphatic carbocycles. The molecule has 0 heterocycles. The van der Waals surface area contributed by atoms with Crippen molar-refractivity contribution in [3.8, 4) is 11.1 Å². The number of hydrogen-bond acceptors (Lipinski definition) is 4. The molecule has 126 valence electrons. The van der Waals surface area contributed by atoms with E-state index in [2.05, 4.69) is 4.72 Å². The number of carboxylic acid groups (broad SMARTS) is 2. The molecule has 0 saturated heterocycles. The smallest absolute Gasteiger partial charge is 0.335 e. The molecule has 1 unspecified atom stereocenters. The normalized spacial score (nSPS) is 12.5. The fourth-order valence-electron chi connectivity index (χ4n) is 2.01. The second-order valence-corrected chi connectivity index (χ2v) is 6.81. The van der Waals surface area contributed by atoms with Crippen molar-refractivity contribution in [3.05, 3.63) is 54.1 Å². The minimum Gasteiger partial charge on any atom is -0.480 e. The van der Waals surface area contributed by atoms with Gasteiger partial charge in [-0.25, -0.2) is 13.2 Å². The molecular weight excluding hydrogens is 334 g/mol. The maximum Gasteiger partial charge on any atom is 0.335 e. The minimum atomic E-state index is -3.95. The van der Waals surface area contributed by atoms with E-state index in [1.54, 1.807) is 12.1 Å². The summed E-state index contributed by atoms with van der Waals surface area (Å²) in [6.07, 6.45) is 0. The zero-order valence-corrected chi connectivity index (χ0v) is 13.4. The van der Waals surface area contributed by atoms with Crippen molar-refractivity contribution in [1.29, 1.82) is 0 Å². The highest BCUT2D eigenvalue weighted by atomic mass is 32.2. The van der Waals surface area contributed by atoms with Gasteiger partial charge >= 0.3 is 11.9 Å². The zero-order valence-electron chi connectivity index (χ0n) is 12.6. The Morgan fingerprint density at radius 2 is 1.62 bits per heavy atom. The van der Waals surface area contributed by atoms with Gasteiger partial charge in [0.15, 0.2) is 0 Å². The fourth-order valence-corrected chi connectivity index (χ4v) is 3.21. The van der Waals surface area contributed by atoms with Crippen LogP contribution >= 0.6 is 0 Å². The Morgan fingerprint density at radius 1 is 1.00 bits per heavy atom. The lowest BCUT2D eigenvalue weighted by Crippen LogP contribution is -2.38. The number of sulfonamides is 1. The molecule has 0 aliphatic heterocycles. The standard InChI is InChI=1S/C16H15NO6S/c1-10(15(18)19)17-24(22,23)14-7-5-11(6-8-14)12-3-2-4-13(9-12)16(20)21/h2-10,17H,1H3,(H,18,19)(H,20,21). The molecule has 8 heteroatoms. The summed E-state index contributed by atoms with van der Waals surface area (Å²) in [5, 5.41) is 17.8. The number of nitrogens with one attached hydrogen (secondary N) is 1. The van der Waals surface area contributed by atoms with E-state index in [-0.39, 0.29) is 10.5 Å². The highest BCUT2D eigenvalue weighted by Crippen LogP contribution is 2.22. The molecule has 0 saturated carbocycles. The van der Waals surface area contributed by atoms with Crippen LogP contribution in [-0.4, -0.2) is 36.6 Å². The summed E-state index contributed by atoms with van der Waals surface area (Å²) in [6.45, 7) is 1.23. The molecule has 0 fully saturated rings. The molecule has 0 aromatic heterocycles. The maximum atomic E-state index is 12.1. The Balaban J connectivity index is 2.29. The van der Waals surface area contributed by atoms with Crippen LogP contribution in [0.1, 0.15) is 17.3 Å². The average Bonchev–Trinajstić information content (AvgIpc) is 2.54. The van der Waals surface area contributed by atoms with Gasteiger partial charge in [0.25, 0.3) is 0 Å². The molecule has 0 aliphatic rings. The van der Waals surface area contributed by atoms with Crippen LogP contribution in [0, 0.1) is 0 Å². The van der Waals surface area contributed by atoms with Gasteiger partial charge in [-0.2, -0.15) is 4.72 Å². The van der Waals surface area contributed by atoms with Crippen molar-refractivity contribution in [1.82, 2.24) is 4.72 Å². The number of carboxylic acids is 2. The Bertz CT molecular complexity index is 874. The molecule has 7 nitrogen and oxygen atoms in total. The topological polar surface area (TPSA) is 121 Å². The molecule has 0 bridgehead atoms. The van der Waals surface area contributed by atoms with Gasteiger partial charge in [0.1, 0.15) is 6.04 Å². The molecule has 0 amide bonds. The summed E-state index contributed by atoms with van der Waals surface area (Å²) >= 11 is 0. The number of rotatable bonds is 6. The van der Waals surface area contributed by atoms with Gasteiger partial charge in [-0.3, -0.25) is 4.79 Å². The third kappa shape index (κ3) is 3.98. The van der Waals surface area contributed by atoms with Crippen LogP contribution in [0.25, 0.3) is 11.1 Å². The predicted molar refractivity (Wildman–Crippen MR) is 86.3 cm³/mol. The summed E-state index contributed by atoms with van der Waals surface area (Å²) in [4.78, 5) is 21.7. The van der Waals surface area contributed by atoms with Crippen LogP contribution in [0.3, 0.4) is 0 Å². The van der Waals surface area contributed by atoms with E-state index in [1.165, 1.54) is 43.3 Å². The molecule has 2 aromatic rings. The van der Waals surface area contributed by atoms with Gasteiger partial charge in [0.05, 0.1) is 10.5 Å². The second-order valence-electron chi connectivity index (χ2n) is 5.09. The van der Waals surface area contributed by atoms with Crippen LogP contribution in [0.15, 0.2) is 53.4 Å². The molecule has 2 rings (SSSR count). The van der Waals surface area contributed by atoms with E-state index in [0.29, 0.717) is 11.1 Å². The van der Waals surface area contributed by atoms with E-state index in [1.807, 2.05) is 0 Å². The van der Waals surface area contributed by atoms with Crippen molar-refractivity contribution in [2.24, 2.45) is 0 Å². The Labute approximate surface area is 138 Å². The van der Waals surface area contributed by atoms with Crippen molar-refractivity contribution < 1.29 is 28.2 Å². The van der Waals surface area contributed by atoms with Crippen molar-refractivity contribution in [2.45, 2.75) is 17.9 Å². The molecule has 1 atom stereocenters. The highest BCUT2D eigenvalue weighted by molar-refractivity contribution is 7.89. The van der Waals surface area contributed by atoms with Gasteiger partial charge in [-0.15, -0.1) is 0 Å². The van der Waals surface area contributed by atoms with Gasteiger partial charge in [0, 0.05) is 0 Å². The number of aromatic carboxylic acids is 1. The van der Waals surface area contributed by atoms with Crippen LogP contribution in [0.5, 0.6) is 0 Å². The van der Waals surface area contributed by atoms with Crippen molar-refractivity contribution in [2.75, 3.05) is 0 Å². The average molecular weight is 349 g/mol. The first-order chi connectivity index (χ1) is 11.2. The highest BCUT2D eigenvalue weighted by Gasteiger charge is 2.21. The number of aliphatic carboxylic acids is 1. The second kappa shape index (κ2) is 6.81.